The van der Waals surface area contributed by atoms with Crippen molar-refractivity contribution in [1.82, 2.24) is 9.88 Å². The van der Waals surface area contributed by atoms with E-state index < -0.39 is 5.91 Å². The molecule has 0 bridgehead atoms. The van der Waals surface area contributed by atoms with Gasteiger partial charge in [-0.25, -0.2) is 4.98 Å². The zero-order chi connectivity index (χ0) is 16.9. The maximum atomic E-state index is 12.1. The SMILES string of the molecule is NC(=O)c1ccsc1NC(=O)CCN1CCN(c2nccs2)CC1. The van der Waals surface area contributed by atoms with E-state index in [0.717, 1.165) is 31.3 Å². The van der Waals surface area contributed by atoms with Crippen LogP contribution in [0.2, 0.25) is 0 Å². The summed E-state index contributed by atoms with van der Waals surface area (Å²) in [7, 11) is 0. The van der Waals surface area contributed by atoms with E-state index in [9.17, 15) is 9.59 Å². The number of thiazole rings is 1. The van der Waals surface area contributed by atoms with Crippen molar-refractivity contribution in [3.05, 3.63) is 28.6 Å². The van der Waals surface area contributed by atoms with Crippen molar-refractivity contribution in [1.29, 1.82) is 0 Å². The molecule has 128 valence electrons. The summed E-state index contributed by atoms with van der Waals surface area (Å²) < 4.78 is 0. The Morgan fingerprint density at radius 3 is 2.67 bits per heavy atom. The molecule has 2 aromatic heterocycles. The molecule has 1 saturated heterocycles. The lowest BCUT2D eigenvalue weighted by Gasteiger charge is -2.34. The quantitative estimate of drug-likeness (QED) is 0.808. The second-order valence-corrected chi connectivity index (χ2v) is 7.26. The van der Waals surface area contributed by atoms with Gasteiger partial charge in [-0.3, -0.25) is 14.5 Å². The van der Waals surface area contributed by atoms with Gasteiger partial charge >= 0.3 is 0 Å². The van der Waals surface area contributed by atoms with E-state index in [-0.39, 0.29) is 5.91 Å². The van der Waals surface area contributed by atoms with Gasteiger partial charge in [-0.2, -0.15) is 0 Å². The first kappa shape index (κ1) is 16.9. The van der Waals surface area contributed by atoms with Crippen LogP contribution in [-0.4, -0.2) is 54.4 Å². The molecule has 0 aromatic carbocycles. The van der Waals surface area contributed by atoms with E-state index in [1.54, 1.807) is 22.8 Å². The molecule has 24 heavy (non-hydrogen) atoms. The van der Waals surface area contributed by atoms with Crippen LogP contribution < -0.4 is 16.0 Å². The van der Waals surface area contributed by atoms with E-state index >= 15 is 0 Å². The van der Waals surface area contributed by atoms with Crippen LogP contribution in [-0.2, 0) is 4.79 Å². The molecule has 1 aliphatic heterocycles. The molecular weight excluding hydrogens is 346 g/mol. The highest BCUT2D eigenvalue weighted by atomic mass is 32.1. The molecule has 3 heterocycles. The topological polar surface area (TPSA) is 91.6 Å². The Bertz CT molecular complexity index is 693. The summed E-state index contributed by atoms with van der Waals surface area (Å²) in [6.45, 7) is 4.38. The van der Waals surface area contributed by atoms with Gasteiger partial charge in [0.05, 0.1) is 5.56 Å². The molecular formula is C15H19N5O2S2. The minimum Gasteiger partial charge on any atom is -0.366 e. The third-order valence-corrected chi connectivity index (χ3v) is 5.56. The number of primary amides is 1. The second-order valence-electron chi connectivity index (χ2n) is 5.47. The largest absolute Gasteiger partial charge is 0.366 e. The maximum absolute atomic E-state index is 12.1. The summed E-state index contributed by atoms with van der Waals surface area (Å²) in [6, 6.07) is 1.63. The fourth-order valence-corrected chi connectivity index (χ4v) is 4.09. The second kappa shape index (κ2) is 7.73. The molecule has 0 saturated carbocycles. The van der Waals surface area contributed by atoms with Crippen LogP contribution in [0.1, 0.15) is 16.8 Å². The fraction of sp³-hybridized carbons (Fsp3) is 0.400. The summed E-state index contributed by atoms with van der Waals surface area (Å²) >= 11 is 2.96. The number of thiophene rings is 1. The highest BCUT2D eigenvalue weighted by Gasteiger charge is 2.19. The van der Waals surface area contributed by atoms with Crippen molar-refractivity contribution in [2.45, 2.75) is 6.42 Å². The number of hydrogen-bond donors (Lipinski definition) is 2. The number of hydrogen-bond acceptors (Lipinski definition) is 7. The molecule has 0 radical (unpaired) electrons. The van der Waals surface area contributed by atoms with Crippen molar-refractivity contribution in [2.24, 2.45) is 5.73 Å². The minimum atomic E-state index is -0.523. The zero-order valence-corrected chi connectivity index (χ0v) is 14.7. The van der Waals surface area contributed by atoms with Crippen LogP contribution in [0.3, 0.4) is 0 Å². The van der Waals surface area contributed by atoms with Crippen LogP contribution in [0, 0.1) is 0 Å². The van der Waals surface area contributed by atoms with Crippen LogP contribution in [0.5, 0.6) is 0 Å². The van der Waals surface area contributed by atoms with Crippen molar-refractivity contribution in [3.8, 4) is 0 Å². The van der Waals surface area contributed by atoms with E-state index in [1.807, 2.05) is 11.6 Å². The van der Waals surface area contributed by atoms with Crippen LogP contribution in [0.25, 0.3) is 0 Å². The lowest BCUT2D eigenvalue weighted by molar-refractivity contribution is -0.116. The molecule has 3 rings (SSSR count). The molecule has 1 fully saturated rings. The van der Waals surface area contributed by atoms with Crippen LogP contribution in [0.15, 0.2) is 23.0 Å². The molecule has 0 unspecified atom stereocenters. The van der Waals surface area contributed by atoms with E-state index in [1.165, 1.54) is 11.3 Å². The van der Waals surface area contributed by atoms with Gasteiger partial charge in [0.2, 0.25) is 5.91 Å². The molecule has 2 amide bonds. The predicted octanol–water partition coefficient (Wildman–Crippen LogP) is 1.45. The smallest absolute Gasteiger partial charge is 0.251 e. The Balaban J connectivity index is 1.42. The summed E-state index contributed by atoms with van der Waals surface area (Å²) in [6.07, 6.45) is 2.22. The van der Waals surface area contributed by atoms with Gasteiger partial charge in [0.25, 0.3) is 5.91 Å². The number of anilines is 2. The molecule has 0 atom stereocenters. The monoisotopic (exact) mass is 365 g/mol. The van der Waals surface area contributed by atoms with Crippen LogP contribution >= 0.6 is 22.7 Å². The standard InChI is InChI=1S/C15H19N5O2S2/c16-13(22)11-2-9-23-14(11)18-12(21)1-4-19-5-7-20(8-6-19)15-17-3-10-24-15/h2-3,9-10H,1,4-8H2,(H2,16,22)(H,18,21). The summed E-state index contributed by atoms with van der Waals surface area (Å²) in [5.41, 5.74) is 5.64. The number of nitrogens with one attached hydrogen (secondary N) is 1. The Kier molecular flexibility index (Phi) is 5.44. The lowest BCUT2D eigenvalue weighted by atomic mass is 10.2. The van der Waals surface area contributed by atoms with Crippen molar-refractivity contribution in [2.75, 3.05) is 42.9 Å². The molecule has 7 nitrogen and oxygen atoms in total. The number of aromatic nitrogens is 1. The first-order chi connectivity index (χ1) is 11.6. The Morgan fingerprint density at radius 1 is 1.21 bits per heavy atom. The van der Waals surface area contributed by atoms with Gasteiger partial charge < -0.3 is 16.0 Å². The molecule has 9 heteroatoms. The van der Waals surface area contributed by atoms with E-state index in [2.05, 4.69) is 20.1 Å². The Hall–Kier alpha value is -1.97. The number of amides is 2. The molecule has 0 spiro atoms. The average Bonchev–Trinajstić information content (AvgIpc) is 3.25. The maximum Gasteiger partial charge on any atom is 0.251 e. The van der Waals surface area contributed by atoms with Gasteiger partial charge in [0.1, 0.15) is 5.00 Å². The molecule has 0 aliphatic carbocycles. The minimum absolute atomic E-state index is 0.0951. The Labute approximate surface area is 148 Å². The fourth-order valence-electron chi connectivity index (χ4n) is 2.58. The third kappa shape index (κ3) is 4.11. The molecule has 3 N–H and O–H groups in total. The highest BCUT2D eigenvalue weighted by molar-refractivity contribution is 7.14. The molecule has 1 aliphatic rings. The van der Waals surface area contributed by atoms with Gasteiger partial charge in [-0.05, 0) is 11.4 Å². The van der Waals surface area contributed by atoms with Crippen molar-refractivity contribution < 1.29 is 9.59 Å². The van der Waals surface area contributed by atoms with Gasteiger partial charge in [0, 0.05) is 50.7 Å². The van der Waals surface area contributed by atoms with Crippen LogP contribution in [0.4, 0.5) is 10.1 Å². The Morgan fingerprint density at radius 2 is 2.00 bits per heavy atom. The van der Waals surface area contributed by atoms with Crippen molar-refractivity contribution in [3.63, 3.8) is 0 Å². The number of nitrogens with zero attached hydrogens (tertiary/aromatic N) is 3. The third-order valence-electron chi connectivity index (χ3n) is 3.90. The van der Waals surface area contributed by atoms with Crippen molar-refractivity contribution >= 4 is 44.6 Å². The highest BCUT2D eigenvalue weighted by Crippen LogP contribution is 2.23. The summed E-state index contributed by atoms with van der Waals surface area (Å²) in [5.74, 6) is -0.618. The summed E-state index contributed by atoms with van der Waals surface area (Å²) in [4.78, 5) is 32.2. The normalized spacial score (nSPS) is 15.4. The zero-order valence-electron chi connectivity index (χ0n) is 13.1. The summed E-state index contributed by atoms with van der Waals surface area (Å²) in [5, 5.41) is 8.09. The van der Waals surface area contributed by atoms with Gasteiger partial charge in [-0.15, -0.1) is 22.7 Å². The number of carbonyl (C=O) groups is 2. The number of carbonyl (C=O) groups excluding carboxylic acids is 2. The van der Waals surface area contributed by atoms with Gasteiger partial charge in [-0.1, -0.05) is 0 Å². The van der Waals surface area contributed by atoms with Gasteiger partial charge in [0.15, 0.2) is 5.13 Å². The first-order valence-electron chi connectivity index (χ1n) is 7.67. The predicted molar refractivity (Wildman–Crippen MR) is 96.9 cm³/mol. The number of piperazine rings is 1. The first-order valence-corrected chi connectivity index (χ1v) is 9.43. The lowest BCUT2D eigenvalue weighted by Crippen LogP contribution is -2.47. The average molecular weight is 365 g/mol. The number of rotatable bonds is 6. The number of nitrogens with two attached hydrogens (primary N) is 1. The van der Waals surface area contributed by atoms with E-state index in [0.29, 0.717) is 23.5 Å². The van der Waals surface area contributed by atoms with E-state index in [4.69, 9.17) is 5.73 Å². The molecule has 2 aromatic rings.